The van der Waals surface area contributed by atoms with Gasteiger partial charge in [-0.1, -0.05) is 12.1 Å². The van der Waals surface area contributed by atoms with Crippen LogP contribution in [0.25, 0.3) is 0 Å². The van der Waals surface area contributed by atoms with E-state index in [1.165, 1.54) is 0 Å². The molecule has 0 aliphatic heterocycles. The van der Waals surface area contributed by atoms with Gasteiger partial charge in [0.05, 0.1) is 6.54 Å². The zero-order valence-corrected chi connectivity index (χ0v) is 12.3. The van der Waals surface area contributed by atoms with Crippen molar-refractivity contribution in [3.8, 4) is 5.75 Å². The molecule has 0 fully saturated rings. The highest BCUT2D eigenvalue weighted by Gasteiger charge is 2.09. The number of aryl methyl sites for hydroxylation is 1. The molecule has 5 nitrogen and oxygen atoms in total. The van der Waals surface area contributed by atoms with Gasteiger partial charge in [-0.2, -0.15) is 0 Å². The third-order valence-electron chi connectivity index (χ3n) is 2.82. The number of carbonyl (C=O) groups excluding carboxylic acids is 1. The molecule has 1 unspecified atom stereocenters. The smallest absolute Gasteiger partial charge is 0.315 e. The minimum Gasteiger partial charge on any atom is -0.489 e. The highest BCUT2D eigenvalue weighted by molar-refractivity contribution is 5.74. The summed E-state index contributed by atoms with van der Waals surface area (Å²) in [6.07, 6.45) is 0.429. The maximum Gasteiger partial charge on any atom is 0.315 e. The van der Waals surface area contributed by atoms with E-state index in [0.29, 0.717) is 13.0 Å². The van der Waals surface area contributed by atoms with Crippen molar-refractivity contribution in [2.75, 3.05) is 13.2 Å². The molecule has 1 aromatic rings. The van der Waals surface area contributed by atoms with Crippen LogP contribution in [0.2, 0.25) is 0 Å². The van der Waals surface area contributed by atoms with Crippen molar-refractivity contribution >= 4 is 6.03 Å². The molecule has 1 aromatic carbocycles. The lowest BCUT2D eigenvalue weighted by atomic mass is 10.2. The predicted molar refractivity (Wildman–Crippen MR) is 79.0 cm³/mol. The standard InChI is InChI=1S/C15H24N2O3/c1-11-5-4-6-14(9-11)20-13(3)10-16-15(19)17-12(2)7-8-18/h4-6,9,12-13,18H,7-8,10H2,1-3H3,(H2,16,17,19)/t12-,13?/m1/s1. The Morgan fingerprint density at radius 2 is 2.15 bits per heavy atom. The highest BCUT2D eigenvalue weighted by atomic mass is 16.5. The first kappa shape index (κ1) is 16.3. The fraction of sp³-hybridized carbons (Fsp3) is 0.533. The molecule has 2 amide bonds. The number of aliphatic hydroxyl groups is 1. The zero-order valence-electron chi connectivity index (χ0n) is 12.3. The lowest BCUT2D eigenvalue weighted by Gasteiger charge is -2.17. The number of urea groups is 1. The van der Waals surface area contributed by atoms with E-state index in [4.69, 9.17) is 9.84 Å². The molecule has 0 spiro atoms. The van der Waals surface area contributed by atoms with Gasteiger partial charge in [0.1, 0.15) is 11.9 Å². The average Bonchev–Trinajstić information content (AvgIpc) is 2.36. The molecule has 0 heterocycles. The molecule has 0 saturated carbocycles. The average molecular weight is 280 g/mol. The summed E-state index contributed by atoms with van der Waals surface area (Å²) in [5.41, 5.74) is 1.14. The summed E-state index contributed by atoms with van der Waals surface area (Å²) in [6.45, 7) is 6.24. The Labute approximate surface area is 120 Å². The van der Waals surface area contributed by atoms with Gasteiger partial charge in [-0.25, -0.2) is 4.79 Å². The molecule has 0 radical (unpaired) electrons. The number of ether oxygens (including phenoxy) is 1. The number of carbonyl (C=O) groups is 1. The highest BCUT2D eigenvalue weighted by Crippen LogP contribution is 2.13. The van der Waals surface area contributed by atoms with E-state index in [9.17, 15) is 4.79 Å². The maximum atomic E-state index is 11.6. The van der Waals surface area contributed by atoms with Crippen molar-refractivity contribution in [1.29, 1.82) is 0 Å². The van der Waals surface area contributed by atoms with E-state index >= 15 is 0 Å². The van der Waals surface area contributed by atoms with Gasteiger partial charge in [0.2, 0.25) is 0 Å². The number of rotatable bonds is 7. The first-order chi connectivity index (χ1) is 9.51. The monoisotopic (exact) mass is 280 g/mol. The van der Waals surface area contributed by atoms with Crippen molar-refractivity contribution < 1.29 is 14.6 Å². The second-order valence-electron chi connectivity index (χ2n) is 5.01. The lowest BCUT2D eigenvalue weighted by molar-refractivity contribution is 0.204. The summed E-state index contributed by atoms with van der Waals surface area (Å²) < 4.78 is 5.72. The molecule has 1 rings (SSSR count). The summed E-state index contributed by atoms with van der Waals surface area (Å²) in [4.78, 5) is 11.6. The molecular formula is C15H24N2O3. The maximum absolute atomic E-state index is 11.6. The molecule has 0 saturated heterocycles. The molecule has 3 N–H and O–H groups in total. The minimum absolute atomic E-state index is 0.0482. The zero-order chi connectivity index (χ0) is 15.0. The van der Waals surface area contributed by atoms with Crippen LogP contribution in [0.1, 0.15) is 25.8 Å². The molecule has 0 bridgehead atoms. The summed E-state index contributed by atoms with van der Waals surface area (Å²) in [5.74, 6) is 0.799. The van der Waals surface area contributed by atoms with Gasteiger partial charge in [-0.3, -0.25) is 0 Å². The Balaban J connectivity index is 2.29. The Hall–Kier alpha value is -1.75. The molecule has 0 aromatic heterocycles. The molecule has 2 atom stereocenters. The Morgan fingerprint density at radius 3 is 2.80 bits per heavy atom. The van der Waals surface area contributed by atoms with Crippen LogP contribution >= 0.6 is 0 Å². The lowest BCUT2D eigenvalue weighted by Crippen LogP contribution is -2.44. The summed E-state index contributed by atoms with van der Waals surface area (Å²) in [7, 11) is 0. The first-order valence-corrected chi connectivity index (χ1v) is 6.89. The van der Waals surface area contributed by atoms with E-state index < -0.39 is 0 Å². The van der Waals surface area contributed by atoms with E-state index in [1.54, 1.807) is 0 Å². The van der Waals surface area contributed by atoms with Crippen LogP contribution in [0.3, 0.4) is 0 Å². The molecular weight excluding hydrogens is 256 g/mol. The minimum atomic E-state index is -0.245. The van der Waals surface area contributed by atoms with Gasteiger partial charge in [0, 0.05) is 12.6 Å². The van der Waals surface area contributed by atoms with Crippen molar-refractivity contribution in [1.82, 2.24) is 10.6 Å². The quantitative estimate of drug-likeness (QED) is 0.713. The molecule has 5 heteroatoms. The Bertz CT molecular complexity index is 423. The summed E-state index contributed by atoms with van der Waals surface area (Å²) in [5, 5.41) is 14.3. The first-order valence-electron chi connectivity index (χ1n) is 6.89. The van der Waals surface area contributed by atoms with Gasteiger partial charge < -0.3 is 20.5 Å². The molecule has 0 aliphatic carbocycles. The van der Waals surface area contributed by atoms with Crippen LogP contribution in [-0.2, 0) is 0 Å². The third kappa shape index (κ3) is 6.43. The number of hydrogen-bond donors (Lipinski definition) is 3. The van der Waals surface area contributed by atoms with Crippen molar-refractivity contribution in [2.45, 2.75) is 39.3 Å². The second-order valence-corrected chi connectivity index (χ2v) is 5.01. The van der Waals surface area contributed by atoms with E-state index in [2.05, 4.69) is 10.6 Å². The van der Waals surface area contributed by atoms with E-state index in [-0.39, 0.29) is 24.8 Å². The molecule has 20 heavy (non-hydrogen) atoms. The number of aliphatic hydroxyl groups excluding tert-OH is 1. The van der Waals surface area contributed by atoms with Crippen molar-refractivity contribution in [3.05, 3.63) is 29.8 Å². The normalized spacial score (nSPS) is 13.4. The summed E-state index contributed by atoms with van der Waals surface area (Å²) in [6, 6.07) is 7.51. The second kappa shape index (κ2) is 8.43. The van der Waals surface area contributed by atoms with Gasteiger partial charge in [0.25, 0.3) is 0 Å². The van der Waals surface area contributed by atoms with Gasteiger partial charge >= 0.3 is 6.03 Å². The number of amides is 2. The number of nitrogens with one attached hydrogen (secondary N) is 2. The van der Waals surface area contributed by atoms with Crippen LogP contribution in [0.15, 0.2) is 24.3 Å². The van der Waals surface area contributed by atoms with Gasteiger partial charge in [-0.15, -0.1) is 0 Å². The Morgan fingerprint density at radius 1 is 1.40 bits per heavy atom. The summed E-state index contributed by atoms with van der Waals surface area (Å²) >= 11 is 0. The molecule has 0 aliphatic rings. The van der Waals surface area contributed by atoms with E-state index in [1.807, 2.05) is 45.0 Å². The van der Waals surface area contributed by atoms with Crippen LogP contribution in [0, 0.1) is 6.92 Å². The fourth-order valence-electron chi connectivity index (χ4n) is 1.74. The van der Waals surface area contributed by atoms with E-state index in [0.717, 1.165) is 11.3 Å². The van der Waals surface area contributed by atoms with Crippen molar-refractivity contribution in [2.24, 2.45) is 0 Å². The number of hydrogen-bond acceptors (Lipinski definition) is 3. The Kier molecular flexibility index (Phi) is 6.87. The van der Waals surface area contributed by atoms with Crippen LogP contribution in [-0.4, -0.2) is 36.4 Å². The predicted octanol–water partition coefficient (Wildman–Crippen LogP) is 1.83. The topological polar surface area (TPSA) is 70.6 Å². The van der Waals surface area contributed by atoms with Crippen LogP contribution < -0.4 is 15.4 Å². The number of benzene rings is 1. The van der Waals surface area contributed by atoms with Crippen LogP contribution in [0.4, 0.5) is 4.79 Å². The fourth-order valence-corrected chi connectivity index (χ4v) is 1.74. The van der Waals surface area contributed by atoms with Gasteiger partial charge in [0.15, 0.2) is 0 Å². The largest absolute Gasteiger partial charge is 0.489 e. The van der Waals surface area contributed by atoms with Gasteiger partial charge in [-0.05, 0) is 44.9 Å². The van der Waals surface area contributed by atoms with Crippen LogP contribution in [0.5, 0.6) is 5.75 Å². The molecule has 112 valence electrons. The SMILES string of the molecule is Cc1cccc(OC(C)CNC(=O)N[C@H](C)CCO)c1. The van der Waals surface area contributed by atoms with Crippen molar-refractivity contribution in [3.63, 3.8) is 0 Å². The third-order valence-corrected chi connectivity index (χ3v) is 2.82.